The first-order valence-electron chi connectivity index (χ1n) is 7.81. The summed E-state index contributed by atoms with van der Waals surface area (Å²) in [7, 11) is -2.88. The Morgan fingerprint density at radius 1 is 1.25 bits per heavy atom. The van der Waals surface area contributed by atoms with E-state index in [0.29, 0.717) is 29.9 Å². The van der Waals surface area contributed by atoms with Crippen molar-refractivity contribution < 1.29 is 13.2 Å². The van der Waals surface area contributed by atoms with Gasteiger partial charge in [-0.15, -0.1) is 0 Å². The number of benzene rings is 1. The van der Waals surface area contributed by atoms with Gasteiger partial charge in [0.2, 0.25) is 0 Å². The number of para-hydroxylation sites is 1. The van der Waals surface area contributed by atoms with E-state index >= 15 is 0 Å². The molecule has 0 saturated carbocycles. The lowest BCUT2D eigenvalue weighted by Gasteiger charge is -2.22. The predicted octanol–water partition coefficient (Wildman–Crippen LogP) is 2.09. The third-order valence-electron chi connectivity index (χ3n) is 4.25. The average molecular weight is 365 g/mol. The Morgan fingerprint density at radius 2 is 1.92 bits per heavy atom. The SMILES string of the molecule is O=C(NCC1CCS(=O)(=O)CC1)c1c[nH]c(=S)n1-c1ccccc1. The van der Waals surface area contributed by atoms with Crippen molar-refractivity contribution in [3.8, 4) is 5.69 Å². The number of hydrogen-bond acceptors (Lipinski definition) is 4. The van der Waals surface area contributed by atoms with Gasteiger partial charge in [0.25, 0.3) is 5.91 Å². The van der Waals surface area contributed by atoms with Gasteiger partial charge in [-0.1, -0.05) is 18.2 Å². The zero-order valence-electron chi connectivity index (χ0n) is 13.1. The van der Waals surface area contributed by atoms with Gasteiger partial charge in [-0.3, -0.25) is 9.36 Å². The zero-order valence-corrected chi connectivity index (χ0v) is 14.7. The smallest absolute Gasteiger partial charge is 0.269 e. The van der Waals surface area contributed by atoms with Gasteiger partial charge in [0.05, 0.1) is 11.5 Å². The summed E-state index contributed by atoms with van der Waals surface area (Å²) in [5.74, 6) is 0.389. The highest BCUT2D eigenvalue weighted by Gasteiger charge is 2.24. The molecule has 0 spiro atoms. The van der Waals surface area contributed by atoms with Gasteiger partial charge in [-0.05, 0) is 43.1 Å². The van der Waals surface area contributed by atoms with Gasteiger partial charge in [0.15, 0.2) is 4.77 Å². The van der Waals surface area contributed by atoms with Crippen LogP contribution in [-0.2, 0) is 9.84 Å². The number of amides is 1. The molecule has 0 radical (unpaired) electrons. The topological polar surface area (TPSA) is 84.0 Å². The maximum Gasteiger partial charge on any atom is 0.269 e. The molecule has 8 heteroatoms. The van der Waals surface area contributed by atoms with E-state index in [1.54, 1.807) is 10.8 Å². The van der Waals surface area contributed by atoms with E-state index in [0.717, 1.165) is 5.69 Å². The van der Waals surface area contributed by atoms with Crippen LogP contribution in [0.25, 0.3) is 5.69 Å². The van der Waals surface area contributed by atoms with E-state index in [2.05, 4.69) is 10.3 Å². The molecule has 1 saturated heterocycles. The molecule has 1 aromatic carbocycles. The molecule has 1 amide bonds. The van der Waals surface area contributed by atoms with Gasteiger partial charge in [0, 0.05) is 18.4 Å². The second kappa shape index (κ2) is 6.90. The molecular formula is C16H19N3O3S2. The van der Waals surface area contributed by atoms with Crippen molar-refractivity contribution in [2.75, 3.05) is 18.1 Å². The van der Waals surface area contributed by atoms with Crippen molar-refractivity contribution in [2.24, 2.45) is 5.92 Å². The van der Waals surface area contributed by atoms with E-state index in [4.69, 9.17) is 12.2 Å². The Bertz CT molecular complexity index is 871. The summed E-state index contributed by atoms with van der Waals surface area (Å²) in [5.41, 5.74) is 1.26. The van der Waals surface area contributed by atoms with Crippen molar-refractivity contribution in [2.45, 2.75) is 12.8 Å². The summed E-state index contributed by atoms with van der Waals surface area (Å²) in [6, 6.07) is 9.43. The Labute approximate surface area is 145 Å². The molecule has 1 aliphatic rings. The van der Waals surface area contributed by atoms with Crippen LogP contribution >= 0.6 is 12.2 Å². The van der Waals surface area contributed by atoms with E-state index < -0.39 is 9.84 Å². The van der Waals surface area contributed by atoms with Crippen molar-refractivity contribution in [1.29, 1.82) is 0 Å². The highest BCUT2D eigenvalue weighted by Crippen LogP contribution is 2.18. The maximum atomic E-state index is 12.5. The normalized spacial score (nSPS) is 17.5. The summed E-state index contributed by atoms with van der Waals surface area (Å²) in [4.78, 5) is 15.4. The van der Waals surface area contributed by atoms with E-state index in [9.17, 15) is 13.2 Å². The fraction of sp³-hybridized carbons (Fsp3) is 0.375. The van der Waals surface area contributed by atoms with Crippen molar-refractivity contribution in [1.82, 2.24) is 14.9 Å². The number of rotatable bonds is 4. The number of aromatic nitrogens is 2. The molecule has 0 bridgehead atoms. The Balaban J connectivity index is 1.70. The summed E-state index contributed by atoms with van der Waals surface area (Å²) >= 11 is 5.27. The van der Waals surface area contributed by atoms with Gasteiger partial charge in [-0.2, -0.15) is 0 Å². The molecule has 2 heterocycles. The zero-order chi connectivity index (χ0) is 17.2. The number of carbonyl (C=O) groups excluding carboxylic acids is 1. The molecule has 1 fully saturated rings. The molecule has 0 unspecified atom stereocenters. The number of H-pyrrole nitrogens is 1. The number of aromatic amines is 1. The van der Waals surface area contributed by atoms with Crippen LogP contribution in [0.1, 0.15) is 23.3 Å². The van der Waals surface area contributed by atoms with Crippen LogP contribution in [0.2, 0.25) is 0 Å². The third kappa shape index (κ3) is 3.76. The van der Waals surface area contributed by atoms with Crippen LogP contribution in [0, 0.1) is 10.7 Å². The van der Waals surface area contributed by atoms with E-state index in [1.807, 2.05) is 30.3 Å². The first kappa shape index (κ1) is 16.9. The number of nitrogens with zero attached hydrogens (tertiary/aromatic N) is 1. The van der Waals surface area contributed by atoms with Crippen LogP contribution in [0.5, 0.6) is 0 Å². The van der Waals surface area contributed by atoms with Gasteiger partial charge in [-0.25, -0.2) is 8.42 Å². The minimum absolute atomic E-state index is 0.199. The van der Waals surface area contributed by atoms with Gasteiger partial charge >= 0.3 is 0 Å². The molecular weight excluding hydrogens is 346 g/mol. The molecule has 2 aromatic rings. The molecule has 0 atom stereocenters. The predicted molar refractivity (Wildman–Crippen MR) is 94.7 cm³/mol. The van der Waals surface area contributed by atoms with Gasteiger partial charge < -0.3 is 10.3 Å². The molecule has 128 valence electrons. The number of hydrogen-bond donors (Lipinski definition) is 2. The third-order valence-corrected chi connectivity index (χ3v) is 6.26. The molecule has 3 rings (SSSR count). The fourth-order valence-corrected chi connectivity index (χ4v) is 4.69. The minimum Gasteiger partial charge on any atom is -0.350 e. The lowest BCUT2D eigenvalue weighted by atomic mass is 10.0. The Kier molecular flexibility index (Phi) is 4.86. The van der Waals surface area contributed by atoms with Crippen molar-refractivity contribution >= 4 is 28.0 Å². The monoisotopic (exact) mass is 365 g/mol. The van der Waals surface area contributed by atoms with Crippen LogP contribution in [0.3, 0.4) is 0 Å². The Morgan fingerprint density at radius 3 is 2.58 bits per heavy atom. The highest BCUT2D eigenvalue weighted by molar-refractivity contribution is 7.91. The summed E-state index contributed by atoms with van der Waals surface area (Å²) in [6.07, 6.45) is 2.79. The standard InChI is InChI=1S/C16H19N3O3S2/c20-15(17-10-12-6-8-24(21,22)9-7-12)14-11-18-16(23)19(14)13-4-2-1-3-5-13/h1-5,11-12H,6-10H2,(H,17,20)(H,18,23). The van der Waals surface area contributed by atoms with Crippen LogP contribution < -0.4 is 5.32 Å². The highest BCUT2D eigenvalue weighted by atomic mass is 32.2. The minimum atomic E-state index is -2.88. The Hall–Kier alpha value is -1.93. The van der Waals surface area contributed by atoms with E-state index in [-0.39, 0.29) is 23.3 Å². The average Bonchev–Trinajstić information content (AvgIpc) is 2.96. The van der Waals surface area contributed by atoms with Gasteiger partial charge in [0.1, 0.15) is 15.5 Å². The summed E-state index contributed by atoms with van der Waals surface area (Å²) < 4.78 is 25.1. The second-order valence-corrected chi connectivity index (χ2v) is 8.65. The van der Waals surface area contributed by atoms with E-state index in [1.165, 1.54) is 0 Å². The lowest BCUT2D eigenvalue weighted by molar-refractivity contribution is 0.0939. The summed E-state index contributed by atoms with van der Waals surface area (Å²) in [5, 5.41) is 2.90. The van der Waals surface area contributed by atoms with Crippen molar-refractivity contribution in [3.05, 3.63) is 47.0 Å². The number of sulfone groups is 1. The molecule has 1 aliphatic heterocycles. The fourth-order valence-electron chi connectivity index (χ4n) is 2.84. The first-order valence-corrected chi connectivity index (χ1v) is 10.0. The molecule has 6 nitrogen and oxygen atoms in total. The maximum absolute atomic E-state index is 12.5. The number of imidazole rings is 1. The number of carbonyl (C=O) groups is 1. The first-order chi connectivity index (χ1) is 11.5. The van der Waals surface area contributed by atoms with Crippen molar-refractivity contribution in [3.63, 3.8) is 0 Å². The summed E-state index contributed by atoms with van der Waals surface area (Å²) in [6.45, 7) is 0.473. The lowest BCUT2D eigenvalue weighted by Crippen LogP contribution is -2.34. The van der Waals surface area contributed by atoms with Crippen LogP contribution in [-0.4, -0.2) is 41.9 Å². The molecule has 0 aliphatic carbocycles. The second-order valence-electron chi connectivity index (χ2n) is 5.96. The largest absolute Gasteiger partial charge is 0.350 e. The molecule has 1 aromatic heterocycles. The molecule has 2 N–H and O–H groups in total. The number of nitrogens with one attached hydrogen (secondary N) is 2. The van der Waals surface area contributed by atoms with Crippen LogP contribution in [0.4, 0.5) is 0 Å². The molecule has 24 heavy (non-hydrogen) atoms. The quantitative estimate of drug-likeness (QED) is 0.813. The van der Waals surface area contributed by atoms with Crippen LogP contribution in [0.15, 0.2) is 36.5 Å².